The van der Waals surface area contributed by atoms with Crippen LogP contribution in [0.1, 0.15) is 18.7 Å². The Morgan fingerprint density at radius 2 is 2.04 bits per heavy atom. The van der Waals surface area contributed by atoms with E-state index in [0.717, 1.165) is 48.7 Å². The van der Waals surface area contributed by atoms with Crippen LogP contribution < -0.4 is 4.90 Å². The van der Waals surface area contributed by atoms with E-state index in [1.54, 1.807) is 6.33 Å². The zero-order valence-corrected chi connectivity index (χ0v) is 15.2. The van der Waals surface area contributed by atoms with Gasteiger partial charge in [-0.15, -0.1) is 0 Å². The Bertz CT molecular complexity index is 1070. The van der Waals surface area contributed by atoms with Crippen LogP contribution in [0.5, 0.6) is 0 Å². The largest absolute Gasteiger partial charge is 0.353 e. The number of aryl methyl sites for hydroxylation is 1. The van der Waals surface area contributed by atoms with E-state index in [-0.39, 0.29) is 0 Å². The predicted molar refractivity (Wildman–Crippen MR) is 103 cm³/mol. The van der Waals surface area contributed by atoms with Crippen molar-refractivity contribution in [3.63, 3.8) is 0 Å². The van der Waals surface area contributed by atoms with Crippen molar-refractivity contribution in [2.45, 2.75) is 25.3 Å². The molecule has 4 heterocycles. The fraction of sp³-hybridized carbons (Fsp3) is 0.300. The zero-order valence-electron chi connectivity index (χ0n) is 15.2. The molecule has 3 aromatic heterocycles. The minimum Gasteiger partial charge on any atom is -0.353 e. The summed E-state index contributed by atoms with van der Waals surface area (Å²) >= 11 is 0. The molecular weight excluding hydrogens is 338 g/mol. The van der Waals surface area contributed by atoms with Gasteiger partial charge in [0.1, 0.15) is 18.0 Å². The van der Waals surface area contributed by atoms with Gasteiger partial charge >= 0.3 is 0 Å². The van der Waals surface area contributed by atoms with E-state index in [1.165, 1.54) is 0 Å². The molecule has 0 radical (unpaired) electrons. The van der Waals surface area contributed by atoms with Gasteiger partial charge in [-0.2, -0.15) is 14.6 Å². The molecule has 0 aliphatic carbocycles. The van der Waals surface area contributed by atoms with Crippen LogP contribution in [-0.4, -0.2) is 41.7 Å². The van der Waals surface area contributed by atoms with E-state index in [1.807, 2.05) is 35.1 Å². The average Bonchev–Trinajstić information content (AvgIpc) is 3.44. The normalized spacial score (nSPS) is 17.1. The summed E-state index contributed by atoms with van der Waals surface area (Å²) in [7, 11) is 2.05. The number of rotatable bonds is 4. The van der Waals surface area contributed by atoms with Crippen LogP contribution in [0, 0.1) is 0 Å². The molecular formula is C20H21N7. The summed E-state index contributed by atoms with van der Waals surface area (Å²) in [5, 5.41) is 4.43. The molecule has 7 nitrogen and oxygen atoms in total. The maximum atomic E-state index is 4.70. The Morgan fingerprint density at radius 1 is 1.15 bits per heavy atom. The zero-order chi connectivity index (χ0) is 18.2. The SMILES string of the molecule is Cn1ccnc1C[C@@H]1CCCN1c1cc(-c2ccccc2)nc2ncnn12. The molecule has 1 aliphatic heterocycles. The Labute approximate surface area is 157 Å². The van der Waals surface area contributed by atoms with Crippen molar-refractivity contribution in [3.8, 4) is 11.3 Å². The highest BCUT2D eigenvalue weighted by atomic mass is 15.4. The molecule has 0 bridgehead atoms. The number of aromatic nitrogens is 6. The average molecular weight is 359 g/mol. The van der Waals surface area contributed by atoms with Crippen molar-refractivity contribution in [1.82, 2.24) is 29.1 Å². The van der Waals surface area contributed by atoms with Crippen molar-refractivity contribution < 1.29 is 0 Å². The summed E-state index contributed by atoms with van der Waals surface area (Å²) in [5.41, 5.74) is 2.01. The van der Waals surface area contributed by atoms with Gasteiger partial charge in [-0.05, 0) is 12.8 Å². The van der Waals surface area contributed by atoms with E-state index >= 15 is 0 Å². The molecule has 136 valence electrons. The van der Waals surface area contributed by atoms with Crippen molar-refractivity contribution in [2.75, 3.05) is 11.4 Å². The number of nitrogens with zero attached hydrogens (tertiary/aromatic N) is 7. The molecule has 1 atom stereocenters. The van der Waals surface area contributed by atoms with Crippen LogP contribution in [-0.2, 0) is 13.5 Å². The number of anilines is 1. The Morgan fingerprint density at radius 3 is 2.85 bits per heavy atom. The van der Waals surface area contributed by atoms with Crippen LogP contribution in [0.3, 0.4) is 0 Å². The second-order valence-corrected chi connectivity index (χ2v) is 6.99. The summed E-state index contributed by atoms with van der Waals surface area (Å²) in [5.74, 6) is 2.79. The van der Waals surface area contributed by atoms with Crippen molar-refractivity contribution in [3.05, 3.63) is 60.9 Å². The number of fused-ring (bicyclic) bond motifs is 1. The highest BCUT2D eigenvalue weighted by molar-refractivity contribution is 5.66. The van der Waals surface area contributed by atoms with Crippen LogP contribution in [0.15, 0.2) is 55.1 Å². The van der Waals surface area contributed by atoms with Gasteiger partial charge in [0.05, 0.1) is 5.69 Å². The molecule has 27 heavy (non-hydrogen) atoms. The summed E-state index contributed by atoms with van der Waals surface area (Å²) in [6.07, 6.45) is 8.67. The van der Waals surface area contributed by atoms with Crippen LogP contribution in [0.4, 0.5) is 5.82 Å². The van der Waals surface area contributed by atoms with Crippen molar-refractivity contribution in [2.24, 2.45) is 7.05 Å². The third kappa shape index (κ3) is 2.85. The quantitative estimate of drug-likeness (QED) is 0.561. The Hall–Kier alpha value is -3.22. The van der Waals surface area contributed by atoms with E-state index in [0.29, 0.717) is 11.8 Å². The minimum atomic E-state index is 0.393. The molecule has 1 fully saturated rings. The number of hydrogen-bond acceptors (Lipinski definition) is 5. The molecule has 1 aliphatic rings. The maximum Gasteiger partial charge on any atom is 0.254 e. The first-order chi connectivity index (χ1) is 13.3. The minimum absolute atomic E-state index is 0.393. The van der Waals surface area contributed by atoms with Gasteiger partial charge in [-0.25, -0.2) is 9.97 Å². The van der Waals surface area contributed by atoms with Crippen LogP contribution in [0.2, 0.25) is 0 Å². The van der Waals surface area contributed by atoms with E-state index in [2.05, 4.69) is 49.8 Å². The molecule has 1 saturated heterocycles. The number of imidazole rings is 1. The van der Waals surface area contributed by atoms with Crippen molar-refractivity contribution in [1.29, 1.82) is 0 Å². The highest BCUT2D eigenvalue weighted by Crippen LogP contribution is 2.30. The second-order valence-electron chi connectivity index (χ2n) is 6.99. The van der Waals surface area contributed by atoms with E-state index in [4.69, 9.17) is 4.98 Å². The Kier molecular flexibility index (Phi) is 3.85. The first-order valence-corrected chi connectivity index (χ1v) is 9.28. The third-order valence-corrected chi connectivity index (χ3v) is 5.31. The molecule has 7 heteroatoms. The van der Waals surface area contributed by atoms with Gasteiger partial charge in [0.15, 0.2) is 0 Å². The van der Waals surface area contributed by atoms with Gasteiger partial charge in [-0.3, -0.25) is 0 Å². The second kappa shape index (κ2) is 6.50. The van der Waals surface area contributed by atoms with Gasteiger partial charge in [-0.1, -0.05) is 30.3 Å². The lowest BCUT2D eigenvalue weighted by molar-refractivity contribution is 0.613. The first kappa shape index (κ1) is 16.0. The molecule has 4 aromatic rings. The smallest absolute Gasteiger partial charge is 0.254 e. The fourth-order valence-electron chi connectivity index (χ4n) is 3.91. The molecule has 5 rings (SSSR count). The molecule has 0 N–H and O–H groups in total. The number of benzene rings is 1. The lowest BCUT2D eigenvalue weighted by Gasteiger charge is -2.27. The van der Waals surface area contributed by atoms with Gasteiger partial charge in [0.2, 0.25) is 0 Å². The molecule has 0 spiro atoms. The summed E-state index contributed by atoms with van der Waals surface area (Å²) in [6, 6.07) is 12.8. The van der Waals surface area contributed by atoms with Gasteiger partial charge < -0.3 is 9.47 Å². The fourth-order valence-corrected chi connectivity index (χ4v) is 3.91. The molecule has 0 saturated carbocycles. The lowest BCUT2D eigenvalue weighted by atomic mass is 10.1. The summed E-state index contributed by atoms with van der Waals surface area (Å²) < 4.78 is 3.95. The molecule has 0 amide bonds. The predicted octanol–water partition coefficient (Wildman–Crippen LogP) is 2.74. The van der Waals surface area contributed by atoms with E-state index < -0.39 is 0 Å². The molecule has 0 unspecified atom stereocenters. The maximum absolute atomic E-state index is 4.70. The van der Waals surface area contributed by atoms with Crippen molar-refractivity contribution >= 4 is 11.6 Å². The van der Waals surface area contributed by atoms with Crippen LogP contribution in [0.25, 0.3) is 17.0 Å². The summed E-state index contributed by atoms with van der Waals surface area (Å²) in [4.78, 5) is 16.0. The first-order valence-electron chi connectivity index (χ1n) is 9.28. The highest BCUT2D eigenvalue weighted by Gasteiger charge is 2.28. The van der Waals surface area contributed by atoms with Gasteiger partial charge in [0, 0.05) is 50.1 Å². The van der Waals surface area contributed by atoms with Gasteiger partial charge in [0.25, 0.3) is 5.78 Å². The lowest BCUT2D eigenvalue weighted by Crippen LogP contribution is -2.33. The summed E-state index contributed by atoms with van der Waals surface area (Å²) in [6.45, 7) is 1.00. The molecule has 1 aromatic carbocycles. The monoisotopic (exact) mass is 359 g/mol. The van der Waals surface area contributed by atoms with E-state index in [9.17, 15) is 0 Å². The topological polar surface area (TPSA) is 64.1 Å². The third-order valence-electron chi connectivity index (χ3n) is 5.31. The standard InChI is InChI=1S/C20H21N7/c1-25-11-9-21-18(25)12-16-8-5-10-26(16)19-13-17(15-6-3-2-4-7-15)24-20-22-14-23-27(19)20/h2-4,6-7,9,11,13-14,16H,5,8,10,12H2,1H3/t16-/m0/s1. The van der Waals surface area contributed by atoms with Crippen LogP contribution >= 0.6 is 0 Å². The Balaban J connectivity index is 1.57. The number of hydrogen-bond donors (Lipinski definition) is 0.